The van der Waals surface area contributed by atoms with Crippen LogP contribution in [0.2, 0.25) is 0 Å². The Labute approximate surface area is 178 Å². The molecule has 31 heavy (non-hydrogen) atoms. The lowest BCUT2D eigenvalue weighted by atomic mass is 10.1. The van der Waals surface area contributed by atoms with E-state index in [1.54, 1.807) is 24.3 Å². The van der Waals surface area contributed by atoms with Gasteiger partial charge in [-0.3, -0.25) is 14.6 Å². The molecule has 2 heterocycles. The summed E-state index contributed by atoms with van der Waals surface area (Å²) in [6.07, 6.45) is 1.52. The molecule has 0 aliphatic carbocycles. The Bertz CT molecular complexity index is 873. The number of rotatable bonds is 6. The number of carboxylic acid groups (broad SMARTS) is 2. The average molecular weight is 432 g/mol. The van der Waals surface area contributed by atoms with Crippen molar-refractivity contribution in [3.8, 4) is 0 Å². The van der Waals surface area contributed by atoms with Gasteiger partial charge in [-0.15, -0.1) is 0 Å². The summed E-state index contributed by atoms with van der Waals surface area (Å²) in [4.78, 5) is 46.2. The summed E-state index contributed by atoms with van der Waals surface area (Å²) in [7, 11) is 1.38. The molecule has 10 heteroatoms. The van der Waals surface area contributed by atoms with Crippen molar-refractivity contribution in [3.63, 3.8) is 0 Å². The first-order valence-corrected chi connectivity index (χ1v) is 9.45. The number of furan rings is 1. The molecule has 3 rings (SSSR count). The van der Waals surface area contributed by atoms with Gasteiger partial charge < -0.3 is 19.4 Å². The Hall–Kier alpha value is -3.50. The summed E-state index contributed by atoms with van der Waals surface area (Å²) in [6, 6.07) is 10.9. The molecule has 0 amide bonds. The number of ether oxygens (including phenoxy) is 1. The Morgan fingerprint density at radius 2 is 1.52 bits per heavy atom. The fourth-order valence-corrected chi connectivity index (χ4v) is 2.95. The molecule has 0 bridgehead atoms. The number of nitrogens with zero attached hydrogens (tertiary/aromatic N) is 2. The van der Waals surface area contributed by atoms with Crippen molar-refractivity contribution in [2.45, 2.75) is 6.54 Å². The summed E-state index contributed by atoms with van der Waals surface area (Å²) in [5.74, 6) is -3.52. The molecule has 2 aromatic rings. The molecule has 1 aliphatic rings. The number of carboxylic acids is 2. The largest absolute Gasteiger partial charge is 0.473 e. The maximum absolute atomic E-state index is 12.1. The fourth-order valence-electron chi connectivity index (χ4n) is 2.95. The van der Waals surface area contributed by atoms with Crippen molar-refractivity contribution in [2.24, 2.45) is 0 Å². The van der Waals surface area contributed by atoms with Gasteiger partial charge in [0.05, 0.1) is 25.5 Å². The summed E-state index contributed by atoms with van der Waals surface area (Å²) < 4.78 is 9.86. The van der Waals surface area contributed by atoms with Gasteiger partial charge in [-0.2, -0.15) is 0 Å². The van der Waals surface area contributed by atoms with E-state index in [0.717, 1.165) is 38.3 Å². The molecule has 10 nitrogen and oxygen atoms in total. The lowest BCUT2D eigenvalue weighted by molar-refractivity contribution is -0.159. The van der Waals surface area contributed by atoms with Gasteiger partial charge in [-0.25, -0.2) is 14.4 Å². The molecule has 1 fully saturated rings. The van der Waals surface area contributed by atoms with Gasteiger partial charge in [0.25, 0.3) is 0 Å². The van der Waals surface area contributed by atoms with Crippen molar-refractivity contribution in [1.29, 1.82) is 0 Å². The van der Waals surface area contributed by atoms with Crippen molar-refractivity contribution in [2.75, 3.05) is 39.8 Å². The second-order valence-corrected chi connectivity index (χ2v) is 6.75. The van der Waals surface area contributed by atoms with Crippen molar-refractivity contribution < 1.29 is 38.5 Å². The third-order valence-electron chi connectivity index (χ3n) is 4.59. The number of aliphatic carboxylic acids is 2. The third-order valence-corrected chi connectivity index (χ3v) is 4.59. The summed E-state index contributed by atoms with van der Waals surface area (Å²) in [5, 5.41) is 14.8. The minimum atomic E-state index is -1.82. The Morgan fingerprint density at radius 1 is 0.935 bits per heavy atom. The number of methoxy groups -OCH3 is 1. The highest BCUT2D eigenvalue weighted by Gasteiger charge is 2.20. The summed E-state index contributed by atoms with van der Waals surface area (Å²) in [5.41, 5.74) is 1.72. The number of esters is 1. The van der Waals surface area contributed by atoms with Crippen LogP contribution in [0.4, 0.5) is 0 Å². The van der Waals surface area contributed by atoms with E-state index in [4.69, 9.17) is 29.0 Å². The highest BCUT2D eigenvalue weighted by molar-refractivity contribution is 6.27. The van der Waals surface area contributed by atoms with E-state index in [0.29, 0.717) is 17.9 Å². The monoisotopic (exact) mass is 432 g/mol. The second-order valence-electron chi connectivity index (χ2n) is 6.75. The molecular weight excluding hydrogens is 408 g/mol. The first kappa shape index (κ1) is 23.8. The van der Waals surface area contributed by atoms with Gasteiger partial charge in [0.2, 0.25) is 5.78 Å². The van der Waals surface area contributed by atoms with E-state index < -0.39 is 11.9 Å². The molecule has 0 saturated carbocycles. The Kier molecular flexibility index (Phi) is 8.92. The average Bonchev–Trinajstić information content (AvgIpc) is 3.31. The van der Waals surface area contributed by atoms with Crippen LogP contribution < -0.4 is 0 Å². The number of benzene rings is 1. The van der Waals surface area contributed by atoms with Gasteiger partial charge in [0.15, 0.2) is 5.76 Å². The molecule has 1 aliphatic heterocycles. The normalized spacial score (nSPS) is 14.2. The zero-order chi connectivity index (χ0) is 22.8. The number of hydrogen-bond donors (Lipinski definition) is 2. The number of Topliss-reactive ketones (excluding diaryl/α,β-unsaturated/α-hetero) is 1. The number of ketones is 1. The first-order valence-electron chi connectivity index (χ1n) is 9.45. The highest BCUT2D eigenvalue weighted by Crippen LogP contribution is 2.12. The van der Waals surface area contributed by atoms with Crippen LogP contribution in [0.25, 0.3) is 0 Å². The van der Waals surface area contributed by atoms with Gasteiger partial charge in [-0.05, 0) is 29.8 Å². The van der Waals surface area contributed by atoms with Crippen LogP contribution in [-0.4, -0.2) is 83.5 Å². The molecule has 0 atom stereocenters. The van der Waals surface area contributed by atoms with Gasteiger partial charge >= 0.3 is 17.9 Å². The number of hydrogen-bond acceptors (Lipinski definition) is 8. The predicted octanol–water partition coefficient (Wildman–Crippen LogP) is 1.22. The van der Waals surface area contributed by atoms with Gasteiger partial charge in [-0.1, -0.05) is 12.1 Å². The van der Waals surface area contributed by atoms with Crippen LogP contribution in [0.1, 0.15) is 26.5 Å². The first-order chi connectivity index (χ1) is 14.8. The minimum Gasteiger partial charge on any atom is -0.473 e. The third kappa shape index (κ3) is 7.68. The fraction of sp³-hybridized carbons (Fsp3) is 0.333. The number of carbonyl (C=O) groups excluding carboxylic acids is 2. The van der Waals surface area contributed by atoms with Crippen LogP contribution >= 0.6 is 0 Å². The lowest BCUT2D eigenvalue weighted by Gasteiger charge is -2.34. The zero-order valence-electron chi connectivity index (χ0n) is 17.0. The smallest absolute Gasteiger partial charge is 0.414 e. The molecule has 0 unspecified atom stereocenters. The van der Waals surface area contributed by atoms with Crippen LogP contribution in [0, 0.1) is 0 Å². The minimum absolute atomic E-state index is 0.0249. The highest BCUT2D eigenvalue weighted by atomic mass is 16.5. The van der Waals surface area contributed by atoms with E-state index in [1.807, 2.05) is 12.1 Å². The van der Waals surface area contributed by atoms with E-state index in [9.17, 15) is 9.59 Å². The summed E-state index contributed by atoms with van der Waals surface area (Å²) >= 11 is 0. The standard InChI is InChI=1S/C19H22N2O4.C2H2O4/c1-24-19(23)16-6-4-15(5-7-16)13-20-8-10-21(11-9-20)14-17(22)18-3-2-12-25-18;3-1(4)2(5)6/h2-7,12H,8-11,13-14H2,1H3;(H,3,4)(H,5,6). The van der Waals surface area contributed by atoms with Crippen LogP contribution in [0.5, 0.6) is 0 Å². The van der Waals surface area contributed by atoms with Crippen LogP contribution in [0.15, 0.2) is 47.1 Å². The second kappa shape index (κ2) is 11.6. The number of carbonyl (C=O) groups is 4. The van der Waals surface area contributed by atoms with Crippen molar-refractivity contribution in [3.05, 3.63) is 59.5 Å². The van der Waals surface area contributed by atoms with Crippen molar-refractivity contribution in [1.82, 2.24) is 9.80 Å². The van der Waals surface area contributed by atoms with Gasteiger partial charge in [0, 0.05) is 32.7 Å². The van der Waals surface area contributed by atoms with Crippen molar-refractivity contribution >= 4 is 23.7 Å². The quantitative estimate of drug-likeness (QED) is 0.389. The SMILES string of the molecule is COC(=O)c1ccc(CN2CCN(CC(=O)c3ccco3)CC2)cc1.O=C(O)C(=O)O. The molecule has 1 aromatic carbocycles. The maximum atomic E-state index is 12.1. The zero-order valence-corrected chi connectivity index (χ0v) is 17.0. The van der Waals surface area contributed by atoms with Crippen LogP contribution in [0.3, 0.4) is 0 Å². The lowest BCUT2D eigenvalue weighted by Crippen LogP contribution is -2.47. The molecule has 166 valence electrons. The number of piperazine rings is 1. The van der Waals surface area contributed by atoms with E-state index in [1.165, 1.54) is 13.4 Å². The molecule has 0 spiro atoms. The molecule has 0 radical (unpaired) electrons. The Morgan fingerprint density at radius 3 is 2.00 bits per heavy atom. The summed E-state index contributed by atoms with van der Waals surface area (Å²) in [6.45, 7) is 4.75. The van der Waals surface area contributed by atoms with Gasteiger partial charge in [0.1, 0.15) is 0 Å². The Balaban J connectivity index is 0.000000501. The predicted molar refractivity (Wildman–Crippen MR) is 108 cm³/mol. The molecule has 1 saturated heterocycles. The van der Waals surface area contributed by atoms with E-state index in [-0.39, 0.29) is 11.8 Å². The molecule has 1 aromatic heterocycles. The van der Waals surface area contributed by atoms with Crippen LogP contribution in [-0.2, 0) is 20.9 Å². The van der Waals surface area contributed by atoms with E-state index >= 15 is 0 Å². The topological polar surface area (TPSA) is 138 Å². The molecule has 2 N–H and O–H groups in total. The molecular formula is C21H24N2O8. The van der Waals surface area contributed by atoms with E-state index in [2.05, 4.69) is 9.80 Å². The maximum Gasteiger partial charge on any atom is 0.414 e.